The number of ether oxygens (including phenoxy) is 1. The van der Waals surface area contributed by atoms with Crippen LogP contribution in [0.1, 0.15) is 34.2 Å². The molecule has 0 aliphatic heterocycles. The maximum atomic E-state index is 13.4. The molecular formula is C34H28N2O3. The lowest BCUT2D eigenvalue weighted by molar-refractivity contribution is -0.143. The van der Waals surface area contributed by atoms with E-state index in [0.717, 1.165) is 51.8 Å². The van der Waals surface area contributed by atoms with Crippen LogP contribution in [0.25, 0.3) is 16.7 Å². The van der Waals surface area contributed by atoms with Crippen LogP contribution in [0.5, 0.6) is 0 Å². The van der Waals surface area contributed by atoms with E-state index in [1.54, 1.807) is 11.0 Å². The average Bonchev–Trinajstić information content (AvgIpc) is 3.13. The number of hydrogen-bond donors (Lipinski definition) is 0. The Hall–Kier alpha value is -4.95. The highest BCUT2D eigenvalue weighted by Crippen LogP contribution is 2.34. The number of amides is 1. The molecule has 0 radical (unpaired) electrons. The quantitative estimate of drug-likeness (QED) is 0.168. The van der Waals surface area contributed by atoms with Crippen LogP contribution in [0, 0.1) is 11.3 Å². The molecule has 0 unspecified atom stereocenters. The first kappa shape index (κ1) is 25.7. The van der Waals surface area contributed by atoms with Crippen LogP contribution in [0.3, 0.4) is 0 Å². The van der Waals surface area contributed by atoms with Gasteiger partial charge in [-0.25, -0.2) is 0 Å². The number of carbonyl (C=O) groups is 2. The van der Waals surface area contributed by atoms with Crippen LogP contribution >= 0.6 is 0 Å². The molecule has 0 heterocycles. The minimum absolute atomic E-state index is 0.297. The fourth-order valence-corrected chi connectivity index (χ4v) is 5.13. The summed E-state index contributed by atoms with van der Waals surface area (Å²) in [5, 5.41) is 9.51. The fraction of sp³-hybridized carbons (Fsp3) is 0.147. The van der Waals surface area contributed by atoms with Gasteiger partial charge in [0.25, 0.3) is 0 Å². The summed E-state index contributed by atoms with van der Waals surface area (Å²) in [6, 6.07) is 34.3. The third-order valence-corrected chi connectivity index (χ3v) is 7.07. The molecule has 5 rings (SSSR count). The molecule has 0 saturated heterocycles. The van der Waals surface area contributed by atoms with E-state index in [0.29, 0.717) is 12.2 Å². The van der Waals surface area contributed by atoms with E-state index >= 15 is 0 Å². The number of nitriles is 1. The van der Waals surface area contributed by atoms with Gasteiger partial charge in [-0.05, 0) is 69.5 Å². The van der Waals surface area contributed by atoms with Gasteiger partial charge in [0, 0.05) is 11.8 Å². The molecule has 0 atom stereocenters. The minimum atomic E-state index is -0.574. The number of benzene rings is 4. The Labute approximate surface area is 228 Å². The molecular weight excluding hydrogens is 484 g/mol. The summed E-state index contributed by atoms with van der Waals surface area (Å²) in [7, 11) is 1.28. The number of aryl methyl sites for hydroxylation is 2. The Morgan fingerprint density at radius 1 is 0.846 bits per heavy atom. The van der Waals surface area contributed by atoms with Crippen LogP contribution in [0.15, 0.2) is 103 Å². The zero-order chi connectivity index (χ0) is 27.2. The summed E-state index contributed by atoms with van der Waals surface area (Å²) < 4.78 is 4.78. The number of anilines is 1. The molecule has 5 heteroatoms. The van der Waals surface area contributed by atoms with Gasteiger partial charge in [-0.1, -0.05) is 84.9 Å². The van der Waals surface area contributed by atoms with Crippen molar-refractivity contribution in [2.75, 3.05) is 12.0 Å². The topological polar surface area (TPSA) is 70.4 Å². The normalized spacial score (nSPS) is 13.0. The van der Waals surface area contributed by atoms with Crippen LogP contribution in [0.4, 0.5) is 5.69 Å². The Kier molecular flexibility index (Phi) is 7.65. The van der Waals surface area contributed by atoms with Gasteiger partial charge < -0.3 is 9.64 Å². The zero-order valence-electron chi connectivity index (χ0n) is 21.8. The number of methoxy groups -OCH3 is 1. The first-order valence-electron chi connectivity index (χ1n) is 12.9. The van der Waals surface area contributed by atoms with Gasteiger partial charge in [0.2, 0.25) is 5.91 Å². The predicted molar refractivity (Wildman–Crippen MR) is 153 cm³/mol. The van der Waals surface area contributed by atoms with E-state index in [1.807, 2.05) is 78.9 Å². The van der Waals surface area contributed by atoms with Crippen LogP contribution in [0.2, 0.25) is 0 Å². The second-order valence-corrected chi connectivity index (χ2v) is 9.48. The lowest BCUT2D eigenvalue weighted by Crippen LogP contribution is -2.32. The van der Waals surface area contributed by atoms with E-state index in [2.05, 4.69) is 24.3 Å². The summed E-state index contributed by atoms with van der Waals surface area (Å²) in [6.45, 7) is 0.297. The summed E-state index contributed by atoms with van der Waals surface area (Å²) in [5.74, 6) is -0.908. The van der Waals surface area contributed by atoms with Crippen molar-refractivity contribution in [2.45, 2.75) is 25.8 Å². The second kappa shape index (κ2) is 11.6. The summed E-state index contributed by atoms with van der Waals surface area (Å²) in [6.07, 6.45) is 2.95. The Bertz CT molecular complexity index is 1600. The zero-order valence-corrected chi connectivity index (χ0v) is 21.8. The van der Waals surface area contributed by atoms with Gasteiger partial charge in [-0.2, -0.15) is 5.26 Å². The van der Waals surface area contributed by atoms with Gasteiger partial charge in [0.05, 0.1) is 19.7 Å². The van der Waals surface area contributed by atoms with Gasteiger partial charge in [-0.3, -0.25) is 9.59 Å². The molecule has 0 spiro atoms. The monoisotopic (exact) mass is 512 g/mol. The van der Waals surface area contributed by atoms with E-state index in [9.17, 15) is 14.9 Å². The molecule has 39 heavy (non-hydrogen) atoms. The number of fused-ring (bicyclic) bond motifs is 2. The Morgan fingerprint density at radius 2 is 1.56 bits per heavy atom. The van der Waals surface area contributed by atoms with Gasteiger partial charge in [0.1, 0.15) is 6.42 Å². The second-order valence-electron chi connectivity index (χ2n) is 9.48. The molecule has 1 aliphatic carbocycles. The molecule has 0 N–H and O–H groups in total. The first-order chi connectivity index (χ1) is 19.1. The smallest absolute Gasteiger partial charge is 0.315 e. The van der Waals surface area contributed by atoms with Crippen molar-refractivity contribution in [3.05, 3.63) is 131 Å². The van der Waals surface area contributed by atoms with Crippen molar-refractivity contribution in [1.82, 2.24) is 0 Å². The summed E-state index contributed by atoms with van der Waals surface area (Å²) in [4.78, 5) is 27.0. The average molecular weight is 513 g/mol. The third kappa shape index (κ3) is 5.66. The summed E-state index contributed by atoms with van der Waals surface area (Å²) >= 11 is 0. The van der Waals surface area contributed by atoms with E-state index in [1.165, 1.54) is 12.7 Å². The maximum absolute atomic E-state index is 13.4. The summed E-state index contributed by atoms with van der Waals surface area (Å²) in [5.41, 5.74) is 9.05. The molecule has 0 saturated carbocycles. The van der Waals surface area contributed by atoms with Crippen molar-refractivity contribution >= 4 is 23.1 Å². The van der Waals surface area contributed by atoms with Gasteiger partial charge >= 0.3 is 5.97 Å². The number of nitrogens with zero attached hydrogens (tertiary/aromatic N) is 2. The first-order valence-corrected chi connectivity index (χ1v) is 12.9. The molecule has 1 amide bonds. The van der Waals surface area contributed by atoms with Crippen LogP contribution in [-0.2, 0) is 33.7 Å². The number of esters is 1. The number of carbonyl (C=O) groups excluding carboxylic acids is 2. The third-order valence-electron chi connectivity index (χ3n) is 7.07. The van der Waals surface area contributed by atoms with Gasteiger partial charge in [0.15, 0.2) is 0 Å². The number of rotatable bonds is 6. The molecule has 192 valence electrons. The molecule has 5 nitrogen and oxygen atoms in total. The molecule has 0 bridgehead atoms. The molecule has 1 aliphatic rings. The minimum Gasteiger partial charge on any atom is -0.469 e. The molecule has 0 fully saturated rings. The number of hydrogen-bond acceptors (Lipinski definition) is 4. The van der Waals surface area contributed by atoms with E-state index in [4.69, 9.17) is 4.74 Å². The Morgan fingerprint density at radius 3 is 2.36 bits per heavy atom. The van der Waals surface area contributed by atoms with Crippen LogP contribution < -0.4 is 4.90 Å². The highest BCUT2D eigenvalue weighted by atomic mass is 16.5. The predicted octanol–water partition coefficient (Wildman–Crippen LogP) is 6.50. The largest absolute Gasteiger partial charge is 0.469 e. The van der Waals surface area contributed by atoms with Crippen molar-refractivity contribution in [3.63, 3.8) is 0 Å². The SMILES string of the molecule is COC(=O)CC(=O)N(Cc1ccc2c(c1)CCc1ccccc1/C2=C\C#N)c1cccc(-c2ccccc2)c1. The van der Waals surface area contributed by atoms with Crippen molar-refractivity contribution < 1.29 is 14.3 Å². The maximum Gasteiger partial charge on any atom is 0.315 e. The van der Waals surface area contributed by atoms with E-state index < -0.39 is 5.97 Å². The highest BCUT2D eigenvalue weighted by molar-refractivity contribution is 6.03. The molecule has 4 aromatic rings. The standard InChI is InChI=1S/C34H28N2O3/c1-39-34(38)22-33(37)36(29-12-7-11-27(21-29)25-8-3-2-4-9-25)23-24-14-17-31-28(20-24)16-15-26-10-5-6-13-30(26)32(31)18-19-35/h2-14,17-18,20-21H,15-16,22-23H2,1H3/b32-18+. The molecule has 4 aromatic carbocycles. The van der Waals surface area contributed by atoms with Crippen LogP contribution in [-0.4, -0.2) is 19.0 Å². The van der Waals surface area contributed by atoms with Crippen molar-refractivity contribution in [1.29, 1.82) is 5.26 Å². The van der Waals surface area contributed by atoms with E-state index in [-0.39, 0.29) is 12.3 Å². The fourth-order valence-electron chi connectivity index (χ4n) is 5.13. The van der Waals surface area contributed by atoms with Crippen molar-refractivity contribution in [2.24, 2.45) is 0 Å². The number of allylic oxidation sites excluding steroid dienone is 1. The highest BCUT2D eigenvalue weighted by Gasteiger charge is 2.22. The molecule has 0 aromatic heterocycles. The lowest BCUT2D eigenvalue weighted by Gasteiger charge is -2.24. The van der Waals surface area contributed by atoms with Gasteiger partial charge in [-0.15, -0.1) is 0 Å². The lowest BCUT2D eigenvalue weighted by atomic mass is 9.93. The van der Waals surface area contributed by atoms with Crippen molar-refractivity contribution in [3.8, 4) is 17.2 Å². The Balaban J connectivity index is 1.51.